The van der Waals surface area contributed by atoms with Crippen LogP contribution in [0.3, 0.4) is 0 Å². The highest BCUT2D eigenvalue weighted by Crippen LogP contribution is 2.51. The number of hydrogen-bond donors (Lipinski definition) is 1. The Balaban J connectivity index is 1.56. The molecule has 1 heterocycles. The molecule has 1 unspecified atom stereocenters. The molecule has 1 aliphatic heterocycles. The molecule has 1 aliphatic carbocycles. The second-order valence-corrected chi connectivity index (χ2v) is 8.42. The van der Waals surface area contributed by atoms with E-state index in [1.165, 1.54) is 24.3 Å². The maximum Gasteiger partial charge on any atom is 0.432 e. The number of hydrogen-bond acceptors (Lipinski definition) is 2. The summed E-state index contributed by atoms with van der Waals surface area (Å²) in [7, 11) is 0. The molecule has 2 aromatic rings. The molecule has 3 nitrogen and oxygen atoms in total. The molecule has 4 rings (SSSR count). The SMILES string of the molecule is O=C(NCC=Cc1ccc2c(c1)CC(c1cc(Cl)cc(Cl)c1)(C(F)(F)F)O2)C1CC1. The zero-order valence-electron chi connectivity index (χ0n) is 15.7. The van der Waals surface area contributed by atoms with Gasteiger partial charge in [-0.05, 0) is 54.3 Å². The fraction of sp³-hybridized carbons (Fsp3) is 0.318. The van der Waals surface area contributed by atoms with E-state index in [1.807, 2.05) is 0 Å². The van der Waals surface area contributed by atoms with Crippen molar-refractivity contribution in [1.29, 1.82) is 0 Å². The smallest absolute Gasteiger partial charge is 0.432 e. The average molecular weight is 456 g/mol. The lowest BCUT2D eigenvalue weighted by Crippen LogP contribution is -2.46. The Hall–Kier alpha value is -2.18. The number of rotatable bonds is 5. The van der Waals surface area contributed by atoms with Crippen LogP contribution in [0.2, 0.25) is 10.0 Å². The zero-order valence-corrected chi connectivity index (χ0v) is 17.2. The van der Waals surface area contributed by atoms with Crippen LogP contribution in [0, 0.1) is 5.92 Å². The van der Waals surface area contributed by atoms with Crippen LogP contribution in [-0.2, 0) is 16.8 Å². The van der Waals surface area contributed by atoms with Gasteiger partial charge in [-0.2, -0.15) is 13.2 Å². The summed E-state index contributed by atoms with van der Waals surface area (Å²) >= 11 is 11.9. The standard InChI is InChI=1S/C22H18Cl2F3NO2/c23-17-9-16(10-18(24)11-17)21(22(25,26)27)12-15-8-13(3-6-19(15)30-21)2-1-7-28-20(29)14-4-5-14/h1-3,6,8-11,14H,4-5,7,12H2,(H,28,29). The molecule has 1 N–H and O–H groups in total. The minimum absolute atomic E-state index is 0.0390. The van der Waals surface area contributed by atoms with Crippen LogP contribution in [-0.4, -0.2) is 18.6 Å². The first-order valence-corrected chi connectivity index (χ1v) is 10.2. The first-order valence-electron chi connectivity index (χ1n) is 9.47. The summed E-state index contributed by atoms with van der Waals surface area (Å²) in [5.74, 6) is 0.339. The van der Waals surface area contributed by atoms with Crippen LogP contribution in [0.1, 0.15) is 29.5 Å². The monoisotopic (exact) mass is 455 g/mol. The molecule has 30 heavy (non-hydrogen) atoms. The van der Waals surface area contributed by atoms with E-state index < -0.39 is 11.8 Å². The molecule has 8 heteroatoms. The van der Waals surface area contributed by atoms with Gasteiger partial charge in [-0.1, -0.05) is 41.4 Å². The van der Waals surface area contributed by atoms with Crippen molar-refractivity contribution in [3.05, 3.63) is 69.2 Å². The maximum atomic E-state index is 14.2. The van der Waals surface area contributed by atoms with Crippen molar-refractivity contribution in [3.8, 4) is 5.75 Å². The highest BCUT2D eigenvalue weighted by molar-refractivity contribution is 6.34. The van der Waals surface area contributed by atoms with Crippen LogP contribution in [0.4, 0.5) is 13.2 Å². The number of ether oxygens (including phenoxy) is 1. The second-order valence-electron chi connectivity index (χ2n) is 7.55. The van der Waals surface area contributed by atoms with Gasteiger partial charge in [0, 0.05) is 34.5 Å². The molecule has 1 atom stereocenters. The van der Waals surface area contributed by atoms with Gasteiger partial charge < -0.3 is 10.1 Å². The number of nitrogens with one attached hydrogen (secondary N) is 1. The number of amides is 1. The zero-order chi connectivity index (χ0) is 21.5. The molecule has 2 aromatic carbocycles. The Kier molecular flexibility index (Phi) is 5.49. The summed E-state index contributed by atoms with van der Waals surface area (Å²) in [5, 5.41) is 3.03. The highest BCUT2D eigenvalue weighted by atomic mass is 35.5. The number of halogens is 5. The first-order chi connectivity index (χ1) is 14.2. The quantitative estimate of drug-likeness (QED) is 0.606. The molecule has 0 saturated heterocycles. The number of benzene rings is 2. The van der Waals surface area contributed by atoms with E-state index in [0.717, 1.165) is 18.4 Å². The van der Waals surface area contributed by atoms with E-state index in [1.54, 1.807) is 24.3 Å². The molecular weight excluding hydrogens is 438 g/mol. The third kappa shape index (κ3) is 4.16. The second kappa shape index (κ2) is 7.82. The van der Waals surface area contributed by atoms with Crippen LogP contribution in [0.5, 0.6) is 5.75 Å². The van der Waals surface area contributed by atoms with Gasteiger partial charge in [0.1, 0.15) is 5.75 Å². The van der Waals surface area contributed by atoms with Gasteiger partial charge in [0.25, 0.3) is 0 Å². The number of carbonyl (C=O) groups is 1. The largest absolute Gasteiger partial charge is 0.472 e. The van der Waals surface area contributed by atoms with Crippen molar-refractivity contribution in [3.63, 3.8) is 0 Å². The van der Waals surface area contributed by atoms with Crippen molar-refractivity contribution < 1.29 is 22.7 Å². The predicted octanol–water partition coefficient (Wildman–Crippen LogP) is 5.93. The summed E-state index contributed by atoms with van der Waals surface area (Å²) in [6, 6.07) is 8.71. The molecule has 1 saturated carbocycles. The van der Waals surface area contributed by atoms with Gasteiger partial charge in [-0.3, -0.25) is 4.79 Å². The van der Waals surface area contributed by atoms with Crippen LogP contribution >= 0.6 is 23.2 Å². The van der Waals surface area contributed by atoms with Gasteiger partial charge in [0.2, 0.25) is 11.5 Å². The number of fused-ring (bicyclic) bond motifs is 1. The van der Waals surface area contributed by atoms with Crippen LogP contribution in [0.25, 0.3) is 6.08 Å². The van der Waals surface area contributed by atoms with Crippen molar-refractivity contribution >= 4 is 35.2 Å². The van der Waals surface area contributed by atoms with Crippen LogP contribution in [0.15, 0.2) is 42.5 Å². The summed E-state index contributed by atoms with van der Waals surface area (Å²) in [4.78, 5) is 11.6. The maximum absolute atomic E-state index is 14.2. The molecule has 0 radical (unpaired) electrons. The lowest BCUT2D eigenvalue weighted by atomic mass is 9.88. The first kappa shape index (κ1) is 21.1. The van der Waals surface area contributed by atoms with E-state index in [0.29, 0.717) is 12.1 Å². The molecule has 0 spiro atoms. The Labute approximate surface area is 181 Å². The molecule has 0 aromatic heterocycles. The fourth-order valence-corrected chi connectivity index (χ4v) is 4.07. The Morgan fingerprint density at radius 3 is 2.50 bits per heavy atom. The third-order valence-corrected chi connectivity index (χ3v) is 5.68. The minimum Gasteiger partial charge on any atom is -0.472 e. The molecule has 1 amide bonds. The van der Waals surface area contributed by atoms with Gasteiger partial charge in [0.05, 0.1) is 0 Å². The lowest BCUT2D eigenvalue weighted by Gasteiger charge is -2.31. The lowest BCUT2D eigenvalue weighted by molar-refractivity contribution is -0.248. The molecule has 1 fully saturated rings. The Morgan fingerprint density at radius 1 is 1.17 bits per heavy atom. The van der Waals surface area contributed by atoms with E-state index in [-0.39, 0.29) is 39.6 Å². The van der Waals surface area contributed by atoms with Gasteiger partial charge in [0.15, 0.2) is 0 Å². The molecule has 2 aliphatic rings. The Morgan fingerprint density at radius 2 is 1.87 bits per heavy atom. The topological polar surface area (TPSA) is 38.3 Å². The van der Waals surface area contributed by atoms with E-state index in [4.69, 9.17) is 27.9 Å². The third-order valence-electron chi connectivity index (χ3n) is 5.25. The van der Waals surface area contributed by atoms with Gasteiger partial charge in [-0.15, -0.1) is 0 Å². The van der Waals surface area contributed by atoms with E-state index in [2.05, 4.69) is 5.32 Å². The van der Waals surface area contributed by atoms with E-state index in [9.17, 15) is 18.0 Å². The van der Waals surface area contributed by atoms with Gasteiger partial charge >= 0.3 is 6.18 Å². The van der Waals surface area contributed by atoms with Crippen molar-refractivity contribution in [2.75, 3.05) is 6.54 Å². The number of carbonyl (C=O) groups excluding carboxylic acids is 1. The normalized spacial score (nSPS) is 20.8. The van der Waals surface area contributed by atoms with Crippen molar-refractivity contribution in [1.82, 2.24) is 5.32 Å². The summed E-state index contributed by atoms with van der Waals surface area (Å²) in [6.07, 6.45) is 0.326. The minimum atomic E-state index is -4.68. The Bertz CT molecular complexity index is 998. The molecule has 0 bridgehead atoms. The van der Waals surface area contributed by atoms with Crippen molar-refractivity contribution in [2.24, 2.45) is 5.92 Å². The van der Waals surface area contributed by atoms with E-state index >= 15 is 0 Å². The summed E-state index contributed by atoms with van der Waals surface area (Å²) in [6.45, 7) is 0.371. The van der Waals surface area contributed by atoms with Crippen molar-refractivity contribution in [2.45, 2.75) is 31.0 Å². The summed E-state index contributed by atoms with van der Waals surface area (Å²) in [5.41, 5.74) is -1.53. The highest BCUT2D eigenvalue weighted by Gasteiger charge is 2.61. The molecular formula is C22H18Cl2F3NO2. The van der Waals surface area contributed by atoms with Gasteiger partial charge in [-0.25, -0.2) is 0 Å². The fourth-order valence-electron chi connectivity index (χ4n) is 3.55. The molecule has 158 valence electrons. The number of alkyl halides is 3. The predicted molar refractivity (Wildman–Crippen MR) is 110 cm³/mol. The summed E-state index contributed by atoms with van der Waals surface area (Å²) < 4.78 is 48.0. The average Bonchev–Trinajstić information content (AvgIpc) is 3.43. The van der Waals surface area contributed by atoms with Crippen LogP contribution < -0.4 is 10.1 Å².